The van der Waals surface area contributed by atoms with Crippen LogP contribution in [0.25, 0.3) is 0 Å². The summed E-state index contributed by atoms with van der Waals surface area (Å²) in [4.78, 5) is 13.9. The molecule has 1 amide bonds. The zero-order valence-corrected chi connectivity index (χ0v) is 16.6. The molecule has 0 heterocycles. The number of benzene rings is 3. The van der Waals surface area contributed by atoms with Crippen molar-refractivity contribution in [3.05, 3.63) is 101 Å². The molecule has 0 unspecified atom stereocenters. The molecule has 3 aromatic carbocycles. The summed E-state index contributed by atoms with van der Waals surface area (Å²) in [6.45, 7) is 4.17. The monoisotopic (exact) mass is 375 g/mol. The molecule has 2 nitrogen and oxygen atoms in total. The molecule has 3 heteroatoms. The molecule has 1 atom stereocenters. The first-order valence-corrected chi connectivity index (χ1v) is 10.3. The molecule has 0 saturated heterocycles. The summed E-state index contributed by atoms with van der Waals surface area (Å²) < 4.78 is 0. The molecule has 0 aliphatic rings. The Hall–Kier alpha value is -2.52. The van der Waals surface area contributed by atoms with Gasteiger partial charge in [0.25, 0.3) is 5.91 Å². The van der Waals surface area contributed by atoms with E-state index in [2.05, 4.69) is 48.6 Å². The van der Waals surface area contributed by atoms with Gasteiger partial charge in [-0.3, -0.25) is 4.79 Å². The van der Waals surface area contributed by atoms with Crippen molar-refractivity contribution in [1.82, 2.24) is 5.32 Å². The van der Waals surface area contributed by atoms with Crippen molar-refractivity contribution in [3.8, 4) is 0 Å². The van der Waals surface area contributed by atoms with E-state index >= 15 is 0 Å². The fourth-order valence-corrected chi connectivity index (χ4v) is 3.92. The number of carbonyl (C=O) groups excluding carboxylic acids is 1. The first-order chi connectivity index (χ1) is 13.2. The van der Waals surface area contributed by atoms with Crippen molar-refractivity contribution in [2.24, 2.45) is 0 Å². The normalized spacial score (nSPS) is 11.8. The molecular weight excluding hydrogens is 350 g/mol. The molecule has 0 fully saturated rings. The SMILES string of the molecule is CCc1ccc([C@H](C)NC(=O)c2ccccc2SCc2ccccc2)cc1. The Morgan fingerprint density at radius 2 is 1.56 bits per heavy atom. The molecule has 0 bridgehead atoms. The molecule has 27 heavy (non-hydrogen) atoms. The van der Waals surface area contributed by atoms with Gasteiger partial charge >= 0.3 is 0 Å². The summed E-state index contributed by atoms with van der Waals surface area (Å²) in [5.74, 6) is 0.817. The fourth-order valence-electron chi connectivity index (χ4n) is 2.92. The van der Waals surface area contributed by atoms with Gasteiger partial charge in [-0.1, -0.05) is 73.7 Å². The van der Waals surface area contributed by atoms with E-state index in [1.54, 1.807) is 11.8 Å². The Bertz CT molecular complexity index is 874. The van der Waals surface area contributed by atoms with Crippen molar-refractivity contribution < 1.29 is 4.79 Å². The van der Waals surface area contributed by atoms with Gasteiger partial charge in [-0.2, -0.15) is 0 Å². The van der Waals surface area contributed by atoms with Crippen LogP contribution in [0.5, 0.6) is 0 Å². The van der Waals surface area contributed by atoms with Crippen molar-refractivity contribution in [2.45, 2.75) is 37.0 Å². The number of aryl methyl sites for hydroxylation is 1. The number of rotatable bonds is 7. The lowest BCUT2D eigenvalue weighted by molar-refractivity contribution is 0.0937. The van der Waals surface area contributed by atoms with Crippen LogP contribution in [-0.4, -0.2) is 5.91 Å². The first-order valence-electron chi connectivity index (χ1n) is 9.33. The van der Waals surface area contributed by atoms with E-state index in [4.69, 9.17) is 0 Å². The smallest absolute Gasteiger partial charge is 0.252 e. The summed E-state index contributed by atoms with van der Waals surface area (Å²) in [5.41, 5.74) is 4.41. The van der Waals surface area contributed by atoms with E-state index in [0.29, 0.717) is 0 Å². The minimum absolute atomic E-state index is 0.0294. The van der Waals surface area contributed by atoms with Crippen molar-refractivity contribution in [1.29, 1.82) is 0 Å². The average Bonchev–Trinajstić information content (AvgIpc) is 2.73. The van der Waals surface area contributed by atoms with Gasteiger partial charge in [0.05, 0.1) is 11.6 Å². The zero-order chi connectivity index (χ0) is 19.1. The lowest BCUT2D eigenvalue weighted by atomic mass is 10.0. The van der Waals surface area contributed by atoms with Gasteiger partial charge in [0, 0.05) is 10.6 Å². The quantitative estimate of drug-likeness (QED) is 0.511. The third-order valence-electron chi connectivity index (χ3n) is 4.60. The Balaban J connectivity index is 1.68. The van der Waals surface area contributed by atoms with Crippen LogP contribution in [0, 0.1) is 0 Å². The zero-order valence-electron chi connectivity index (χ0n) is 15.8. The van der Waals surface area contributed by atoms with E-state index in [0.717, 1.165) is 28.2 Å². The molecular formula is C24H25NOS. The van der Waals surface area contributed by atoms with Crippen molar-refractivity contribution in [3.63, 3.8) is 0 Å². The number of amides is 1. The second kappa shape index (κ2) is 9.43. The molecule has 0 aliphatic carbocycles. The summed E-state index contributed by atoms with van der Waals surface area (Å²) >= 11 is 1.70. The molecule has 138 valence electrons. The van der Waals surface area contributed by atoms with Crippen LogP contribution < -0.4 is 5.32 Å². The Labute approximate surface area is 166 Å². The summed E-state index contributed by atoms with van der Waals surface area (Å²) in [6.07, 6.45) is 1.02. The number of nitrogens with one attached hydrogen (secondary N) is 1. The van der Waals surface area contributed by atoms with Gasteiger partial charge in [0.1, 0.15) is 0 Å². The van der Waals surface area contributed by atoms with Crippen LogP contribution in [0.1, 0.15) is 46.9 Å². The Kier molecular flexibility index (Phi) is 6.72. The maximum Gasteiger partial charge on any atom is 0.252 e. The van der Waals surface area contributed by atoms with E-state index < -0.39 is 0 Å². The molecule has 0 aliphatic heterocycles. The van der Waals surface area contributed by atoms with Crippen LogP contribution >= 0.6 is 11.8 Å². The molecule has 0 radical (unpaired) electrons. The van der Waals surface area contributed by atoms with Gasteiger partial charge in [-0.15, -0.1) is 11.8 Å². The highest BCUT2D eigenvalue weighted by atomic mass is 32.2. The Morgan fingerprint density at radius 1 is 0.889 bits per heavy atom. The lowest BCUT2D eigenvalue weighted by Gasteiger charge is -2.16. The highest BCUT2D eigenvalue weighted by Crippen LogP contribution is 2.27. The van der Waals surface area contributed by atoms with E-state index in [-0.39, 0.29) is 11.9 Å². The van der Waals surface area contributed by atoms with Gasteiger partial charge < -0.3 is 5.32 Å². The van der Waals surface area contributed by atoms with Crippen LogP contribution in [0.15, 0.2) is 83.8 Å². The van der Waals surface area contributed by atoms with Gasteiger partial charge in [-0.05, 0) is 42.2 Å². The molecule has 0 spiro atoms. The van der Waals surface area contributed by atoms with E-state index in [1.807, 2.05) is 49.4 Å². The second-order valence-electron chi connectivity index (χ2n) is 6.56. The van der Waals surface area contributed by atoms with Gasteiger partial charge in [-0.25, -0.2) is 0 Å². The minimum Gasteiger partial charge on any atom is -0.345 e. The van der Waals surface area contributed by atoms with Crippen molar-refractivity contribution >= 4 is 17.7 Å². The molecule has 1 N–H and O–H groups in total. The summed E-state index contributed by atoms with van der Waals surface area (Å²) in [7, 11) is 0. The maximum absolute atomic E-state index is 12.9. The van der Waals surface area contributed by atoms with E-state index in [9.17, 15) is 4.79 Å². The molecule has 0 saturated carbocycles. The molecule has 0 aromatic heterocycles. The summed E-state index contributed by atoms with van der Waals surface area (Å²) in [6, 6.07) is 26.6. The number of thioether (sulfide) groups is 1. The first kappa shape index (κ1) is 19.2. The van der Waals surface area contributed by atoms with Crippen LogP contribution in [0.3, 0.4) is 0 Å². The highest BCUT2D eigenvalue weighted by molar-refractivity contribution is 7.98. The van der Waals surface area contributed by atoms with Crippen molar-refractivity contribution in [2.75, 3.05) is 0 Å². The lowest BCUT2D eigenvalue weighted by Crippen LogP contribution is -2.27. The third-order valence-corrected chi connectivity index (χ3v) is 5.75. The topological polar surface area (TPSA) is 29.1 Å². The third kappa shape index (κ3) is 5.24. The fraction of sp³-hybridized carbons (Fsp3) is 0.208. The van der Waals surface area contributed by atoms with Gasteiger partial charge in [0.15, 0.2) is 0 Å². The number of carbonyl (C=O) groups is 1. The predicted octanol–water partition coefficient (Wildman–Crippen LogP) is 6.03. The standard InChI is InChI=1S/C24H25NOS/c1-3-19-13-15-21(16-14-19)18(2)25-24(26)22-11-7-8-12-23(22)27-17-20-9-5-4-6-10-20/h4-16,18H,3,17H2,1-2H3,(H,25,26)/t18-/m0/s1. The maximum atomic E-state index is 12.9. The largest absolute Gasteiger partial charge is 0.345 e. The van der Waals surface area contributed by atoms with Crippen LogP contribution in [0.2, 0.25) is 0 Å². The minimum atomic E-state index is -0.0319. The highest BCUT2D eigenvalue weighted by Gasteiger charge is 2.15. The number of hydrogen-bond acceptors (Lipinski definition) is 2. The predicted molar refractivity (Wildman–Crippen MR) is 114 cm³/mol. The molecule has 3 aromatic rings. The average molecular weight is 376 g/mol. The van der Waals surface area contributed by atoms with Crippen LogP contribution in [0.4, 0.5) is 0 Å². The Morgan fingerprint density at radius 3 is 2.26 bits per heavy atom. The van der Waals surface area contributed by atoms with E-state index in [1.165, 1.54) is 11.1 Å². The summed E-state index contributed by atoms with van der Waals surface area (Å²) in [5, 5.41) is 3.14. The van der Waals surface area contributed by atoms with Gasteiger partial charge in [0.2, 0.25) is 0 Å². The second-order valence-corrected chi connectivity index (χ2v) is 7.58. The number of hydrogen-bond donors (Lipinski definition) is 1. The molecule has 3 rings (SSSR count). The van der Waals surface area contributed by atoms with Crippen LogP contribution in [-0.2, 0) is 12.2 Å².